The number of hydrazine groups is 1. The number of benzene rings is 1. The number of ether oxygens (including phenoxy) is 1. The van der Waals surface area contributed by atoms with Crippen LogP contribution in [0.3, 0.4) is 0 Å². The van der Waals surface area contributed by atoms with Crippen molar-refractivity contribution >= 4 is 0 Å². The molecule has 1 heterocycles. The highest BCUT2D eigenvalue weighted by Crippen LogP contribution is 2.25. The van der Waals surface area contributed by atoms with Gasteiger partial charge in [0.05, 0.1) is 0 Å². The van der Waals surface area contributed by atoms with Crippen molar-refractivity contribution in [1.82, 2.24) is 16.2 Å². The fraction of sp³-hybridized carbons (Fsp3) is 0.455. The van der Waals surface area contributed by atoms with Crippen LogP contribution < -0.4 is 16.2 Å². The molecule has 1 aromatic rings. The van der Waals surface area contributed by atoms with E-state index in [-0.39, 0.29) is 6.23 Å². The van der Waals surface area contributed by atoms with Crippen LogP contribution in [0.25, 0.3) is 0 Å². The molecule has 4 nitrogen and oxygen atoms in total. The molecule has 0 spiro atoms. The Morgan fingerprint density at radius 1 is 1.40 bits per heavy atom. The van der Waals surface area contributed by atoms with Gasteiger partial charge in [0.1, 0.15) is 6.23 Å². The van der Waals surface area contributed by atoms with Crippen LogP contribution >= 0.6 is 0 Å². The molecule has 2 rings (SSSR count). The van der Waals surface area contributed by atoms with Gasteiger partial charge < -0.3 is 10.1 Å². The fourth-order valence-electron chi connectivity index (χ4n) is 1.74. The van der Waals surface area contributed by atoms with Gasteiger partial charge in [-0.3, -0.25) is 0 Å². The molecule has 0 aromatic heterocycles. The molecular weight excluding hydrogens is 190 g/mol. The Hall–Kier alpha value is -0.940. The highest BCUT2D eigenvalue weighted by Gasteiger charge is 2.36. The Kier molecular flexibility index (Phi) is 3.02. The second-order valence-electron chi connectivity index (χ2n) is 3.83. The number of hydrogen-bond acceptors (Lipinski definition) is 4. The summed E-state index contributed by atoms with van der Waals surface area (Å²) in [6, 6.07) is 10.1. The quantitative estimate of drug-likeness (QED) is 0.676. The summed E-state index contributed by atoms with van der Waals surface area (Å²) in [7, 11) is 1.91. The molecular formula is C11H17N3O. The maximum absolute atomic E-state index is 5.89. The van der Waals surface area contributed by atoms with Crippen molar-refractivity contribution in [2.75, 3.05) is 13.6 Å². The summed E-state index contributed by atoms with van der Waals surface area (Å²) < 4.78 is 5.89. The van der Waals surface area contributed by atoms with Gasteiger partial charge in [-0.05, 0) is 19.5 Å². The van der Waals surface area contributed by atoms with Crippen molar-refractivity contribution in [3.63, 3.8) is 0 Å². The molecule has 1 aromatic carbocycles. The van der Waals surface area contributed by atoms with Crippen molar-refractivity contribution in [2.24, 2.45) is 0 Å². The average molecular weight is 207 g/mol. The van der Waals surface area contributed by atoms with E-state index in [0.29, 0.717) is 0 Å². The molecule has 0 aliphatic carbocycles. The summed E-state index contributed by atoms with van der Waals surface area (Å²) in [5.41, 5.74) is 6.96. The van der Waals surface area contributed by atoms with E-state index in [1.807, 2.05) is 32.2 Å². The molecule has 0 saturated carbocycles. The normalized spacial score (nSPS) is 30.7. The topological polar surface area (TPSA) is 45.3 Å². The summed E-state index contributed by atoms with van der Waals surface area (Å²) in [5.74, 6) is 0. The molecule has 3 N–H and O–H groups in total. The Bertz CT molecular complexity index is 317. The zero-order valence-corrected chi connectivity index (χ0v) is 9.08. The van der Waals surface area contributed by atoms with Crippen molar-refractivity contribution in [3.8, 4) is 0 Å². The van der Waals surface area contributed by atoms with E-state index in [1.54, 1.807) is 0 Å². The number of likely N-dealkylation sites (N-methyl/N-ethyl adjacent to an activating group) is 1. The maximum Gasteiger partial charge on any atom is 0.156 e. The van der Waals surface area contributed by atoms with Gasteiger partial charge in [0.2, 0.25) is 0 Å². The third-order valence-electron chi connectivity index (χ3n) is 2.56. The van der Waals surface area contributed by atoms with Crippen LogP contribution in [-0.2, 0) is 10.5 Å². The van der Waals surface area contributed by atoms with Crippen LogP contribution in [0.15, 0.2) is 30.3 Å². The van der Waals surface area contributed by atoms with Gasteiger partial charge in [-0.1, -0.05) is 30.3 Å². The highest BCUT2D eigenvalue weighted by atomic mass is 16.6. The Labute approximate surface area is 90.0 Å². The Balaban J connectivity index is 2.10. The monoisotopic (exact) mass is 207 g/mol. The van der Waals surface area contributed by atoms with E-state index in [0.717, 1.165) is 12.1 Å². The van der Waals surface area contributed by atoms with Gasteiger partial charge in [0, 0.05) is 6.54 Å². The van der Waals surface area contributed by atoms with E-state index in [2.05, 4.69) is 28.3 Å². The van der Waals surface area contributed by atoms with Crippen LogP contribution in [0.4, 0.5) is 0 Å². The van der Waals surface area contributed by atoms with Crippen molar-refractivity contribution in [1.29, 1.82) is 0 Å². The standard InChI is InChI=1S/C11H17N3O/c1-11(9-6-4-3-5-7-9)14-13-10(15-11)8-12-2/h3-7,10,12-14H,8H2,1-2H3. The number of nitrogens with one attached hydrogen (secondary N) is 3. The van der Waals surface area contributed by atoms with Gasteiger partial charge >= 0.3 is 0 Å². The SMILES string of the molecule is CNCC1NNC(C)(c2ccccc2)O1. The first-order valence-corrected chi connectivity index (χ1v) is 5.15. The van der Waals surface area contributed by atoms with Crippen LogP contribution in [0.5, 0.6) is 0 Å². The van der Waals surface area contributed by atoms with Gasteiger partial charge in [-0.15, -0.1) is 0 Å². The Morgan fingerprint density at radius 2 is 2.13 bits per heavy atom. The largest absolute Gasteiger partial charge is 0.335 e. The maximum atomic E-state index is 5.89. The van der Waals surface area contributed by atoms with E-state index in [9.17, 15) is 0 Å². The third-order valence-corrected chi connectivity index (χ3v) is 2.56. The van der Waals surface area contributed by atoms with Crippen LogP contribution in [0.2, 0.25) is 0 Å². The lowest BCUT2D eigenvalue weighted by Gasteiger charge is -2.23. The molecule has 1 aliphatic heterocycles. The predicted molar refractivity (Wildman–Crippen MR) is 58.9 cm³/mol. The second-order valence-corrected chi connectivity index (χ2v) is 3.83. The van der Waals surface area contributed by atoms with Gasteiger partial charge in [0.25, 0.3) is 0 Å². The minimum atomic E-state index is -0.442. The van der Waals surface area contributed by atoms with Crippen molar-refractivity contribution in [2.45, 2.75) is 18.9 Å². The summed E-state index contributed by atoms with van der Waals surface area (Å²) in [6.07, 6.45) is 0.000191. The molecule has 0 radical (unpaired) electrons. The summed E-state index contributed by atoms with van der Waals surface area (Å²) in [4.78, 5) is 0. The fourth-order valence-corrected chi connectivity index (χ4v) is 1.74. The zero-order valence-electron chi connectivity index (χ0n) is 9.08. The molecule has 1 fully saturated rings. The van der Waals surface area contributed by atoms with Crippen molar-refractivity contribution in [3.05, 3.63) is 35.9 Å². The molecule has 2 unspecified atom stereocenters. The summed E-state index contributed by atoms with van der Waals surface area (Å²) in [5, 5.41) is 3.07. The molecule has 4 heteroatoms. The lowest BCUT2D eigenvalue weighted by Crippen LogP contribution is -2.40. The predicted octanol–water partition coefficient (Wildman–Crippen LogP) is 0.529. The lowest BCUT2D eigenvalue weighted by atomic mass is 10.1. The van der Waals surface area contributed by atoms with Crippen molar-refractivity contribution < 1.29 is 4.74 Å². The van der Waals surface area contributed by atoms with E-state index >= 15 is 0 Å². The molecule has 0 bridgehead atoms. The lowest BCUT2D eigenvalue weighted by molar-refractivity contribution is -0.0417. The number of hydrogen-bond donors (Lipinski definition) is 3. The smallest absolute Gasteiger partial charge is 0.156 e. The minimum Gasteiger partial charge on any atom is -0.335 e. The third kappa shape index (κ3) is 2.18. The second kappa shape index (κ2) is 4.28. The van der Waals surface area contributed by atoms with Crippen LogP contribution in [-0.4, -0.2) is 19.8 Å². The minimum absolute atomic E-state index is 0.000191. The first-order valence-electron chi connectivity index (χ1n) is 5.15. The van der Waals surface area contributed by atoms with Gasteiger partial charge in [-0.25, -0.2) is 10.9 Å². The van der Waals surface area contributed by atoms with Gasteiger partial charge in [-0.2, -0.15) is 0 Å². The first kappa shape index (κ1) is 10.6. The van der Waals surface area contributed by atoms with E-state index in [1.165, 1.54) is 0 Å². The summed E-state index contributed by atoms with van der Waals surface area (Å²) >= 11 is 0. The molecule has 15 heavy (non-hydrogen) atoms. The first-order chi connectivity index (χ1) is 7.24. The van der Waals surface area contributed by atoms with Crippen LogP contribution in [0.1, 0.15) is 12.5 Å². The van der Waals surface area contributed by atoms with Gasteiger partial charge in [0.15, 0.2) is 5.72 Å². The molecule has 2 atom stereocenters. The van der Waals surface area contributed by atoms with E-state index in [4.69, 9.17) is 4.74 Å². The molecule has 0 amide bonds. The molecule has 1 saturated heterocycles. The number of rotatable bonds is 3. The Morgan fingerprint density at radius 3 is 2.80 bits per heavy atom. The average Bonchev–Trinajstić information content (AvgIpc) is 2.64. The summed E-state index contributed by atoms with van der Waals surface area (Å²) in [6.45, 7) is 2.79. The molecule has 82 valence electrons. The van der Waals surface area contributed by atoms with E-state index < -0.39 is 5.72 Å². The highest BCUT2D eigenvalue weighted by molar-refractivity contribution is 5.21. The van der Waals surface area contributed by atoms with Crippen LogP contribution in [0, 0.1) is 0 Å². The zero-order chi connectivity index (χ0) is 10.7. The molecule has 1 aliphatic rings.